The van der Waals surface area contributed by atoms with Gasteiger partial charge in [-0.1, -0.05) is 17.8 Å². The lowest BCUT2D eigenvalue weighted by Gasteiger charge is -2.12. The number of hydrogen-bond donors (Lipinski definition) is 0. The molecule has 34 heavy (non-hydrogen) atoms. The quantitative estimate of drug-likeness (QED) is 0.365. The molecule has 1 aliphatic carbocycles. The van der Waals surface area contributed by atoms with Crippen LogP contribution in [0.5, 0.6) is 0 Å². The molecule has 1 atom stereocenters. The van der Waals surface area contributed by atoms with Crippen molar-refractivity contribution in [2.75, 3.05) is 17.3 Å². The second-order valence-corrected chi connectivity index (χ2v) is 12.7. The second kappa shape index (κ2) is 9.00. The molecule has 1 saturated heterocycles. The molecule has 0 radical (unpaired) electrons. The molecule has 0 spiro atoms. The third-order valence-corrected chi connectivity index (χ3v) is 9.98. The summed E-state index contributed by atoms with van der Waals surface area (Å²) in [6, 6.07) is 8.63. The molecule has 7 nitrogen and oxygen atoms in total. The smallest absolute Gasteiger partial charge is 0.191 e. The minimum Gasteiger partial charge on any atom is -0.318 e. The SMILES string of the molecule is Cc1cc(C(=O)CSc2nnc(CC3CCS(=O)(=O)C3)n2C)c(C)n1-c1ccc2c(c1)CCC2. The summed E-state index contributed by atoms with van der Waals surface area (Å²) in [6.07, 6.45) is 4.77. The second-order valence-electron chi connectivity index (χ2n) is 9.57. The molecule has 0 N–H and O–H groups in total. The Morgan fingerprint density at radius 2 is 1.94 bits per heavy atom. The molecule has 0 amide bonds. The molecule has 3 aromatic rings. The largest absolute Gasteiger partial charge is 0.318 e. The maximum atomic E-state index is 13.1. The first kappa shape index (κ1) is 23.4. The Kier molecular flexibility index (Phi) is 6.18. The molecule has 180 valence electrons. The highest BCUT2D eigenvalue weighted by Gasteiger charge is 2.29. The Morgan fingerprint density at radius 3 is 2.71 bits per heavy atom. The minimum absolute atomic E-state index is 0.0666. The molecule has 3 heterocycles. The fourth-order valence-electron chi connectivity index (χ4n) is 5.29. The van der Waals surface area contributed by atoms with Crippen LogP contribution in [0.4, 0.5) is 0 Å². The van der Waals surface area contributed by atoms with Crippen LogP contribution in [0.25, 0.3) is 5.69 Å². The van der Waals surface area contributed by atoms with E-state index in [1.165, 1.54) is 29.3 Å². The molecule has 9 heteroatoms. The third kappa shape index (κ3) is 4.47. The number of sulfone groups is 1. The number of ketones is 1. The molecule has 1 fully saturated rings. The number of hydrogen-bond acceptors (Lipinski definition) is 6. The molecule has 0 bridgehead atoms. The Labute approximate surface area is 204 Å². The van der Waals surface area contributed by atoms with E-state index >= 15 is 0 Å². The third-order valence-electron chi connectivity index (χ3n) is 7.13. The van der Waals surface area contributed by atoms with Crippen LogP contribution in [0.2, 0.25) is 0 Å². The zero-order chi connectivity index (χ0) is 24.0. The number of nitrogens with zero attached hydrogens (tertiary/aromatic N) is 4. The number of carbonyl (C=O) groups excluding carboxylic acids is 1. The average Bonchev–Trinajstić information content (AvgIpc) is 3.54. The normalized spacial score (nSPS) is 19.0. The van der Waals surface area contributed by atoms with Gasteiger partial charge in [-0.2, -0.15) is 0 Å². The number of rotatable bonds is 7. The van der Waals surface area contributed by atoms with Crippen molar-refractivity contribution in [1.29, 1.82) is 0 Å². The van der Waals surface area contributed by atoms with E-state index < -0.39 is 9.84 Å². The van der Waals surface area contributed by atoms with Gasteiger partial charge in [-0.05, 0) is 74.8 Å². The Hall–Kier alpha value is -2.39. The summed E-state index contributed by atoms with van der Waals surface area (Å²) in [5, 5.41) is 9.20. The number of carbonyl (C=O) groups is 1. The summed E-state index contributed by atoms with van der Waals surface area (Å²) in [7, 11) is -1.03. The van der Waals surface area contributed by atoms with Gasteiger partial charge in [0.15, 0.2) is 20.8 Å². The van der Waals surface area contributed by atoms with Crippen molar-refractivity contribution in [2.24, 2.45) is 13.0 Å². The van der Waals surface area contributed by atoms with E-state index in [4.69, 9.17) is 0 Å². The zero-order valence-electron chi connectivity index (χ0n) is 19.9. The van der Waals surface area contributed by atoms with Gasteiger partial charge < -0.3 is 9.13 Å². The maximum Gasteiger partial charge on any atom is 0.191 e. The van der Waals surface area contributed by atoms with Crippen LogP contribution in [-0.4, -0.2) is 50.8 Å². The van der Waals surface area contributed by atoms with E-state index in [0.29, 0.717) is 18.0 Å². The number of thioether (sulfide) groups is 1. The number of aryl methyl sites for hydroxylation is 3. The van der Waals surface area contributed by atoms with Gasteiger partial charge in [0.25, 0.3) is 0 Å². The summed E-state index contributed by atoms with van der Waals surface area (Å²) < 4.78 is 27.5. The summed E-state index contributed by atoms with van der Waals surface area (Å²) in [6.45, 7) is 4.05. The molecule has 1 aliphatic heterocycles. The molecule has 5 rings (SSSR count). The summed E-state index contributed by atoms with van der Waals surface area (Å²) in [5.41, 5.74) is 6.73. The van der Waals surface area contributed by atoms with Crippen molar-refractivity contribution in [3.63, 3.8) is 0 Å². The summed E-state index contributed by atoms with van der Waals surface area (Å²) in [5.74, 6) is 1.69. The lowest BCUT2D eigenvalue weighted by molar-refractivity contribution is 0.102. The molecular formula is C25H30N4O3S2. The van der Waals surface area contributed by atoms with Crippen molar-refractivity contribution in [3.8, 4) is 5.69 Å². The number of benzene rings is 1. The highest BCUT2D eigenvalue weighted by molar-refractivity contribution is 7.99. The van der Waals surface area contributed by atoms with Gasteiger partial charge in [0.1, 0.15) is 5.82 Å². The maximum absolute atomic E-state index is 13.1. The van der Waals surface area contributed by atoms with Crippen LogP contribution in [0, 0.1) is 19.8 Å². The minimum atomic E-state index is -2.91. The van der Waals surface area contributed by atoms with E-state index in [9.17, 15) is 13.2 Å². The van der Waals surface area contributed by atoms with E-state index in [1.54, 1.807) is 0 Å². The highest BCUT2D eigenvalue weighted by Crippen LogP contribution is 2.29. The summed E-state index contributed by atoms with van der Waals surface area (Å²) in [4.78, 5) is 13.1. The standard InChI is InChI=1S/C25H30N4O3S2/c1-16-11-22(17(2)29(16)21-8-7-19-5-4-6-20(19)13-21)23(30)14-33-25-27-26-24(28(25)3)12-18-9-10-34(31,32)15-18/h7-8,11,13,18H,4-6,9-10,12,14-15H2,1-3H3. The molecule has 1 unspecified atom stereocenters. The molecular weight excluding hydrogens is 468 g/mol. The van der Waals surface area contributed by atoms with Gasteiger partial charge in [-0.15, -0.1) is 10.2 Å². The van der Waals surface area contributed by atoms with E-state index in [1.807, 2.05) is 31.5 Å². The van der Waals surface area contributed by atoms with Gasteiger partial charge in [-0.3, -0.25) is 4.79 Å². The summed E-state index contributed by atoms with van der Waals surface area (Å²) >= 11 is 1.38. The van der Waals surface area contributed by atoms with Crippen molar-refractivity contribution in [3.05, 3.63) is 58.2 Å². The van der Waals surface area contributed by atoms with E-state index in [-0.39, 0.29) is 29.0 Å². The fraction of sp³-hybridized carbons (Fsp3) is 0.480. The van der Waals surface area contributed by atoms with E-state index in [2.05, 4.69) is 33.0 Å². The van der Waals surface area contributed by atoms with Crippen molar-refractivity contribution >= 4 is 27.4 Å². The first-order valence-corrected chi connectivity index (χ1v) is 14.6. The molecule has 2 aromatic heterocycles. The van der Waals surface area contributed by atoms with Crippen LogP contribution in [0.3, 0.4) is 0 Å². The van der Waals surface area contributed by atoms with E-state index in [0.717, 1.165) is 41.3 Å². The van der Waals surface area contributed by atoms with Gasteiger partial charge in [0.05, 0.1) is 17.3 Å². The molecule has 0 saturated carbocycles. The number of Topliss-reactive ketones (excluding diaryl/α,β-unsaturated/α-hetero) is 1. The van der Waals surface area contributed by atoms with Crippen LogP contribution < -0.4 is 0 Å². The van der Waals surface area contributed by atoms with Gasteiger partial charge in [0.2, 0.25) is 0 Å². The lowest BCUT2D eigenvalue weighted by Crippen LogP contribution is -2.11. The predicted octanol–water partition coefficient (Wildman–Crippen LogP) is 3.66. The number of fused-ring (bicyclic) bond motifs is 1. The average molecular weight is 499 g/mol. The predicted molar refractivity (Wildman–Crippen MR) is 134 cm³/mol. The van der Waals surface area contributed by atoms with Crippen molar-refractivity contribution < 1.29 is 13.2 Å². The lowest BCUT2D eigenvalue weighted by atomic mass is 10.1. The molecule has 2 aliphatic rings. The van der Waals surface area contributed by atoms with Crippen LogP contribution in [0.15, 0.2) is 29.4 Å². The van der Waals surface area contributed by atoms with Gasteiger partial charge >= 0.3 is 0 Å². The fourth-order valence-corrected chi connectivity index (χ4v) is 7.96. The zero-order valence-corrected chi connectivity index (χ0v) is 21.5. The Morgan fingerprint density at radius 1 is 1.15 bits per heavy atom. The van der Waals surface area contributed by atoms with Crippen molar-refractivity contribution in [1.82, 2.24) is 19.3 Å². The van der Waals surface area contributed by atoms with Crippen LogP contribution >= 0.6 is 11.8 Å². The Balaban J connectivity index is 1.28. The van der Waals surface area contributed by atoms with Crippen LogP contribution in [0.1, 0.15) is 51.5 Å². The van der Waals surface area contributed by atoms with Gasteiger partial charge in [-0.25, -0.2) is 8.42 Å². The van der Waals surface area contributed by atoms with Crippen LogP contribution in [-0.2, 0) is 36.1 Å². The van der Waals surface area contributed by atoms with Gasteiger partial charge in [0, 0.05) is 36.1 Å². The first-order chi connectivity index (χ1) is 16.2. The molecule has 1 aromatic carbocycles. The monoisotopic (exact) mass is 498 g/mol. The first-order valence-electron chi connectivity index (χ1n) is 11.8. The highest BCUT2D eigenvalue weighted by atomic mass is 32.2. The van der Waals surface area contributed by atoms with Crippen molar-refractivity contribution in [2.45, 2.75) is 51.1 Å². The number of aromatic nitrogens is 4. The Bertz CT molecular complexity index is 1370. The topological polar surface area (TPSA) is 86.9 Å².